The average molecular weight is 394 g/mol. The van der Waals surface area contributed by atoms with Gasteiger partial charge in [0.1, 0.15) is 11.6 Å². The minimum absolute atomic E-state index is 0.0198. The number of likely N-dealkylation sites (tertiary alicyclic amines) is 1. The standard InChI is InChI=1S/C22H26N4O3/c1-15(2)12-26-19-8-4-3-7-18(19)24-20(26)11-23-22(28)16-10-21(27)25(13-16)14-17-6-5-9-29-17/h3-9,15-16H,10-14H2,1-2H3,(H,23,28)/t16-/m0/s1. The van der Waals surface area contributed by atoms with Crippen LogP contribution >= 0.6 is 0 Å². The zero-order valence-electron chi connectivity index (χ0n) is 16.8. The summed E-state index contributed by atoms with van der Waals surface area (Å²) in [6.07, 6.45) is 1.82. The number of para-hydroxylation sites is 2. The fourth-order valence-corrected chi connectivity index (χ4v) is 3.83. The Morgan fingerprint density at radius 1 is 1.28 bits per heavy atom. The number of rotatable bonds is 7. The molecule has 1 N–H and O–H groups in total. The highest BCUT2D eigenvalue weighted by molar-refractivity contribution is 5.89. The van der Waals surface area contributed by atoms with E-state index in [1.54, 1.807) is 17.2 Å². The van der Waals surface area contributed by atoms with E-state index in [0.717, 1.165) is 29.2 Å². The first-order valence-electron chi connectivity index (χ1n) is 10.0. The van der Waals surface area contributed by atoms with Crippen molar-refractivity contribution in [1.29, 1.82) is 0 Å². The number of aromatic nitrogens is 2. The van der Waals surface area contributed by atoms with Crippen LogP contribution in [0.15, 0.2) is 47.1 Å². The number of benzene rings is 1. The summed E-state index contributed by atoms with van der Waals surface area (Å²) in [4.78, 5) is 31.4. The third kappa shape index (κ3) is 4.18. The summed E-state index contributed by atoms with van der Waals surface area (Å²) in [5.74, 6) is 1.55. The fourth-order valence-electron chi connectivity index (χ4n) is 3.83. The van der Waals surface area contributed by atoms with Crippen molar-refractivity contribution < 1.29 is 14.0 Å². The molecule has 0 saturated carbocycles. The first-order valence-corrected chi connectivity index (χ1v) is 10.0. The number of carbonyl (C=O) groups is 2. The average Bonchev–Trinajstić information content (AvgIpc) is 3.41. The van der Waals surface area contributed by atoms with Gasteiger partial charge >= 0.3 is 0 Å². The molecule has 1 saturated heterocycles. The van der Waals surface area contributed by atoms with Gasteiger partial charge in [0.25, 0.3) is 0 Å². The van der Waals surface area contributed by atoms with Crippen molar-refractivity contribution in [3.05, 3.63) is 54.2 Å². The van der Waals surface area contributed by atoms with Crippen molar-refractivity contribution in [1.82, 2.24) is 19.8 Å². The molecule has 0 aliphatic carbocycles. The van der Waals surface area contributed by atoms with Crippen LogP contribution in [0.1, 0.15) is 31.9 Å². The highest BCUT2D eigenvalue weighted by Gasteiger charge is 2.34. The van der Waals surface area contributed by atoms with Gasteiger partial charge in [-0.3, -0.25) is 9.59 Å². The van der Waals surface area contributed by atoms with Crippen LogP contribution < -0.4 is 5.32 Å². The molecule has 3 aromatic rings. The van der Waals surface area contributed by atoms with Crippen LogP contribution in [0.25, 0.3) is 11.0 Å². The number of hydrogen-bond acceptors (Lipinski definition) is 4. The summed E-state index contributed by atoms with van der Waals surface area (Å²) in [7, 11) is 0. The first-order chi connectivity index (χ1) is 14.0. The van der Waals surface area contributed by atoms with Gasteiger partial charge in [0.05, 0.1) is 36.3 Å². The van der Waals surface area contributed by atoms with Crippen molar-refractivity contribution in [3.8, 4) is 0 Å². The number of furan rings is 1. The van der Waals surface area contributed by atoms with Gasteiger partial charge < -0.3 is 19.2 Å². The summed E-state index contributed by atoms with van der Waals surface area (Å²) in [6.45, 7) is 6.32. The maximum Gasteiger partial charge on any atom is 0.225 e. The summed E-state index contributed by atoms with van der Waals surface area (Å²) in [5.41, 5.74) is 2.00. The maximum absolute atomic E-state index is 12.7. The predicted octanol–water partition coefficient (Wildman–Crippen LogP) is 2.95. The van der Waals surface area contributed by atoms with Crippen molar-refractivity contribution in [2.75, 3.05) is 6.54 Å². The Morgan fingerprint density at radius 3 is 2.86 bits per heavy atom. The fraction of sp³-hybridized carbons (Fsp3) is 0.409. The topological polar surface area (TPSA) is 80.4 Å². The Balaban J connectivity index is 1.41. The second-order valence-corrected chi connectivity index (χ2v) is 7.99. The van der Waals surface area contributed by atoms with Crippen molar-refractivity contribution in [3.63, 3.8) is 0 Å². The van der Waals surface area contributed by atoms with E-state index in [1.807, 2.05) is 24.3 Å². The van der Waals surface area contributed by atoms with Gasteiger partial charge in [-0.15, -0.1) is 0 Å². The minimum atomic E-state index is -0.347. The molecule has 0 spiro atoms. The molecule has 0 radical (unpaired) electrons. The van der Waals surface area contributed by atoms with Crippen molar-refractivity contribution in [2.45, 2.75) is 39.9 Å². The first kappa shape index (κ1) is 19.2. The van der Waals surface area contributed by atoms with E-state index in [1.165, 1.54) is 0 Å². The molecule has 2 aromatic heterocycles. The number of carbonyl (C=O) groups excluding carboxylic acids is 2. The number of imidazole rings is 1. The molecule has 7 nitrogen and oxygen atoms in total. The summed E-state index contributed by atoms with van der Waals surface area (Å²) < 4.78 is 7.48. The normalized spacial score (nSPS) is 16.9. The third-order valence-electron chi connectivity index (χ3n) is 5.21. The molecular formula is C22H26N4O3. The quantitative estimate of drug-likeness (QED) is 0.668. The highest BCUT2D eigenvalue weighted by Crippen LogP contribution is 2.21. The van der Waals surface area contributed by atoms with Crippen LogP contribution in [-0.2, 0) is 29.2 Å². The second-order valence-electron chi connectivity index (χ2n) is 7.99. The number of fused-ring (bicyclic) bond motifs is 1. The Bertz CT molecular complexity index is 1010. The van der Waals surface area contributed by atoms with Crippen molar-refractivity contribution in [2.24, 2.45) is 11.8 Å². The molecule has 1 aliphatic rings. The lowest BCUT2D eigenvalue weighted by Gasteiger charge is -2.15. The van der Waals surface area contributed by atoms with Gasteiger partial charge in [-0.05, 0) is 30.2 Å². The maximum atomic E-state index is 12.7. The van der Waals surface area contributed by atoms with Crippen LogP contribution in [0.5, 0.6) is 0 Å². The molecule has 1 fully saturated rings. The molecule has 0 unspecified atom stereocenters. The zero-order valence-corrected chi connectivity index (χ0v) is 16.8. The summed E-state index contributed by atoms with van der Waals surface area (Å²) >= 11 is 0. The minimum Gasteiger partial charge on any atom is -0.467 e. The number of hydrogen-bond donors (Lipinski definition) is 1. The Kier molecular flexibility index (Phi) is 5.38. The van der Waals surface area contributed by atoms with Crippen LogP contribution in [0.3, 0.4) is 0 Å². The van der Waals surface area contributed by atoms with Crippen LogP contribution in [-0.4, -0.2) is 32.8 Å². The number of nitrogens with one attached hydrogen (secondary N) is 1. The van der Waals surface area contributed by atoms with Crippen LogP contribution in [0, 0.1) is 11.8 Å². The summed E-state index contributed by atoms with van der Waals surface area (Å²) in [5, 5.41) is 2.99. The lowest BCUT2D eigenvalue weighted by Crippen LogP contribution is -2.33. The molecule has 3 heterocycles. The van der Waals surface area contributed by atoms with Crippen molar-refractivity contribution >= 4 is 22.8 Å². The van der Waals surface area contributed by atoms with Gasteiger partial charge in [0.15, 0.2) is 0 Å². The van der Waals surface area contributed by atoms with E-state index in [-0.39, 0.29) is 24.2 Å². The molecule has 7 heteroatoms. The predicted molar refractivity (Wildman–Crippen MR) is 109 cm³/mol. The molecule has 4 rings (SSSR count). The van der Waals surface area contributed by atoms with Gasteiger partial charge in [-0.25, -0.2) is 4.98 Å². The van der Waals surface area contributed by atoms with Gasteiger partial charge in [-0.1, -0.05) is 26.0 Å². The second kappa shape index (κ2) is 8.11. The highest BCUT2D eigenvalue weighted by atomic mass is 16.3. The largest absolute Gasteiger partial charge is 0.467 e. The monoisotopic (exact) mass is 394 g/mol. The van der Waals surface area contributed by atoms with Gasteiger partial charge in [0, 0.05) is 19.5 Å². The van der Waals surface area contributed by atoms with Crippen LogP contribution in [0.2, 0.25) is 0 Å². The lowest BCUT2D eigenvalue weighted by molar-refractivity contribution is -0.129. The molecular weight excluding hydrogens is 368 g/mol. The molecule has 152 valence electrons. The number of amides is 2. The molecule has 29 heavy (non-hydrogen) atoms. The van der Waals surface area contributed by atoms with Crippen LogP contribution in [0.4, 0.5) is 0 Å². The summed E-state index contributed by atoms with van der Waals surface area (Å²) in [6, 6.07) is 11.6. The Labute approximate surface area is 169 Å². The molecule has 1 aromatic carbocycles. The Hall–Kier alpha value is -3.09. The SMILES string of the molecule is CC(C)Cn1c(CNC(=O)[C@H]2CC(=O)N(Cc3ccco3)C2)nc2ccccc21. The van der Waals surface area contributed by atoms with E-state index >= 15 is 0 Å². The van der Waals surface area contributed by atoms with E-state index < -0.39 is 0 Å². The third-order valence-corrected chi connectivity index (χ3v) is 5.21. The van der Waals surface area contributed by atoms with E-state index in [2.05, 4.69) is 29.8 Å². The lowest BCUT2D eigenvalue weighted by atomic mass is 10.1. The smallest absolute Gasteiger partial charge is 0.225 e. The molecule has 1 atom stereocenters. The molecule has 2 amide bonds. The van der Waals surface area contributed by atoms with Gasteiger partial charge in [-0.2, -0.15) is 0 Å². The van der Waals surface area contributed by atoms with E-state index in [4.69, 9.17) is 9.40 Å². The Morgan fingerprint density at radius 2 is 2.10 bits per heavy atom. The van der Waals surface area contributed by atoms with Gasteiger partial charge in [0.2, 0.25) is 11.8 Å². The number of nitrogens with zero attached hydrogens (tertiary/aromatic N) is 3. The zero-order chi connectivity index (χ0) is 20.4. The van der Waals surface area contributed by atoms with E-state index in [0.29, 0.717) is 25.6 Å². The van der Waals surface area contributed by atoms with E-state index in [9.17, 15) is 9.59 Å². The molecule has 1 aliphatic heterocycles. The molecule has 0 bridgehead atoms.